The van der Waals surface area contributed by atoms with Gasteiger partial charge in [-0.15, -0.1) is 0 Å². The molecule has 0 aromatic heterocycles. The predicted molar refractivity (Wildman–Crippen MR) is 101 cm³/mol. The highest BCUT2D eigenvalue weighted by Gasteiger charge is 2.18. The van der Waals surface area contributed by atoms with Gasteiger partial charge in [-0.3, -0.25) is 14.9 Å². The maximum absolute atomic E-state index is 13.7. The van der Waals surface area contributed by atoms with Gasteiger partial charge in [0, 0.05) is 24.2 Å². The van der Waals surface area contributed by atoms with Crippen LogP contribution in [0.25, 0.3) is 0 Å². The zero-order chi connectivity index (χ0) is 20.1. The minimum Gasteiger partial charge on any atom is -0.375 e. The van der Waals surface area contributed by atoms with E-state index in [0.29, 0.717) is 12.6 Å². The molecule has 142 valence electrons. The zero-order valence-corrected chi connectivity index (χ0v) is 14.5. The van der Waals surface area contributed by atoms with Gasteiger partial charge in [0.25, 0.3) is 11.6 Å². The Morgan fingerprint density at radius 3 is 2.36 bits per heavy atom. The van der Waals surface area contributed by atoms with Crippen LogP contribution < -0.4 is 10.6 Å². The van der Waals surface area contributed by atoms with Crippen LogP contribution >= 0.6 is 0 Å². The number of hydrogen-bond donors (Lipinski definition) is 2. The first-order chi connectivity index (χ1) is 13.4. The van der Waals surface area contributed by atoms with Crippen molar-refractivity contribution in [2.24, 2.45) is 0 Å². The lowest BCUT2D eigenvalue weighted by Gasteiger charge is -2.10. The van der Waals surface area contributed by atoms with Crippen LogP contribution in [0.1, 0.15) is 15.9 Å². The van der Waals surface area contributed by atoms with Crippen molar-refractivity contribution in [3.63, 3.8) is 0 Å². The van der Waals surface area contributed by atoms with Crippen LogP contribution in [0, 0.1) is 21.7 Å². The number of nitrogens with zero attached hydrogens (tertiary/aromatic N) is 1. The molecule has 3 rings (SSSR count). The molecule has 0 aliphatic rings. The van der Waals surface area contributed by atoms with Crippen molar-refractivity contribution < 1.29 is 18.5 Å². The van der Waals surface area contributed by atoms with E-state index in [-0.39, 0.29) is 22.6 Å². The van der Waals surface area contributed by atoms with Gasteiger partial charge >= 0.3 is 0 Å². The Labute approximate surface area is 159 Å². The second-order valence-electron chi connectivity index (χ2n) is 5.91. The van der Waals surface area contributed by atoms with Crippen molar-refractivity contribution in [2.75, 3.05) is 10.6 Å². The number of nitrogens with one attached hydrogen (secondary N) is 2. The summed E-state index contributed by atoms with van der Waals surface area (Å²) in [6.07, 6.45) is 0. The van der Waals surface area contributed by atoms with E-state index in [4.69, 9.17) is 0 Å². The number of carbonyl (C=O) groups excluding carboxylic acids is 1. The summed E-state index contributed by atoms with van der Waals surface area (Å²) in [7, 11) is 0. The second-order valence-corrected chi connectivity index (χ2v) is 5.91. The monoisotopic (exact) mass is 383 g/mol. The number of nitro benzene ring substituents is 1. The van der Waals surface area contributed by atoms with E-state index in [9.17, 15) is 23.7 Å². The molecular formula is C20H15F2N3O3. The smallest absolute Gasteiger partial charge is 0.293 e. The quantitative estimate of drug-likeness (QED) is 0.476. The molecule has 0 fully saturated rings. The lowest BCUT2D eigenvalue weighted by molar-refractivity contribution is -0.384. The maximum atomic E-state index is 13.7. The highest BCUT2D eigenvalue weighted by atomic mass is 19.1. The van der Waals surface area contributed by atoms with Gasteiger partial charge in [0.2, 0.25) is 0 Å². The van der Waals surface area contributed by atoms with Crippen LogP contribution in [-0.2, 0) is 6.54 Å². The molecule has 6 nitrogen and oxygen atoms in total. The Morgan fingerprint density at radius 2 is 1.68 bits per heavy atom. The fourth-order valence-corrected chi connectivity index (χ4v) is 2.55. The van der Waals surface area contributed by atoms with Gasteiger partial charge in [-0.05, 0) is 29.8 Å². The SMILES string of the molecule is O=C(Nc1ccc(F)cc1F)c1ccc(NCc2ccccc2)c([N+](=O)[O-])c1. The van der Waals surface area contributed by atoms with Crippen molar-refractivity contribution >= 4 is 23.0 Å². The van der Waals surface area contributed by atoms with Crippen LogP contribution in [0.15, 0.2) is 66.7 Å². The van der Waals surface area contributed by atoms with Crippen molar-refractivity contribution in [3.8, 4) is 0 Å². The Kier molecular flexibility index (Phi) is 5.59. The van der Waals surface area contributed by atoms with Gasteiger partial charge in [0.1, 0.15) is 17.3 Å². The molecule has 0 bridgehead atoms. The molecule has 0 saturated carbocycles. The largest absolute Gasteiger partial charge is 0.375 e. The van der Waals surface area contributed by atoms with Gasteiger partial charge in [-0.2, -0.15) is 0 Å². The first-order valence-corrected chi connectivity index (χ1v) is 8.26. The summed E-state index contributed by atoms with van der Waals surface area (Å²) in [4.78, 5) is 23.1. The minimum absolute atomic E-state index is 0.0271. The topological polar surface area (TPSA) is 84.3 Å². The molecule has 28 heavy (non-hydrogen) atoms. The molecule has 1 amide bonds. The molecule has 0 spiro atoms. The number of rotatable bonds is 6. The normalized spacial score (nSPS) is 10.4. The number of benzene rings is 3. The molecule has 0 saturated heterocycles. The minimum atomic E-state index is -0.941. The van der Waals surface area contributed by atoms with Crippen LogP contribution in [0.5, 0.6) is 0 Å². The summed E-state index contributed by atoms with van der Waals surface area (Å²) in [6, 6.07) is 15.9. The summed E-state index contributed by atoms with van der Waals surface area (Å²) in [5.41, 5.74) is 0.646. The van der Waals surface area contributed by atoms with Crippen molar-refractivity contribution in [3.05, 3.63) is 99.6 Å². The lowest BCUT2D eigenvalue weighted by atomic mass is 10.1. The summed E-state index contributed by atoms with van der Waals surface area (Å²) < 4.78 is 26.6. The number of hydrogen-bond acceptors (Lipinski definition) is 4. The zero-order valence-electron chi connectivity index (χ0n) is 14.5. The Hall–Kier alpha value is -3.81. The van der Waals surface area contributed by atoms with Crippen molar-refractivity contribution in [2.45, 2.75) is 6.54 Å². The summed E-state index contributed by atoms with van der Waals surface area (Å²) in [6.45, 7) is 0.369. The maximum Gasteiger partial charge on any atom is 0.293 e. The fourth-order valence-electron chi connectivity index (χ4n) is 2.55. The standard InChI is InChI=1S/C20H15F2N3O3/c21-15-7-9-17(16(22)11-15)24-20(26)14-6-8-18(19(10-14)25(27)28)23-12-13-4-2-1-3-5-13/h1-11,23H,12H2,(H,24,26). The Morgan fingerprint density at radius 1 is 0.964 bits per heavy atom. The lowest BCUT2D eigenvalue weighted by Crippen LogP contribution is -2.14. The van der Waals surface area contributed by atoms with E-state index in [0.717, 1.165) is 23.8 Å². The summed E-state index contributed by atoms with van der Waals surface area (Å²) >= 11 is 0. The van der Waals surface area contributed by atoms with Crippen LogP contribution in [0.4, 0.5) is 25.8 Å². The van der Waals surface area contributed by atoms with E-state index < -0.39 is 22.5 Å². The number of amides is 1. The number of nitro groups is 1. The molecule has 2 N–H and O–H groups in total. The van der Waals surface area contributed by atoms with Gasteiger partial charge in [0.05, 0.1) is 10.6 Å². The molecule has 0 heterocycles. The van der Waals surface area contributed by atoms with E-state index >= 15 is 0 Å². The van der Waals surface area contributed by atoms with Crippen molar-refractivity contribution in [1.29, 1.82) is 0 Å². The van der Waals surface area contributed by atoms with Crippen LogP contribution in [0.2, 0.25) is 0 Å². The molecule has 0 radical (unpaired) electrons. The average Bonchev–Trinajstić information content (AvgIpc) is 2.69. The number of halogens is 2. The van der Waals surface area contributed by atoms with E-state index in [2.05, 4.69) is 10.6 Å². The molecule has 3 aromatic rings. The number of anilines is 2. The van der Waals surface area contributed by atoms with Gasteiger partial charge < -0.3 is 10.6 Å². The first-order valence-electron chi connectivity index (χ1n) is 8.26. The molecule has 0 atom stereocenters. The van der Waals surface area contributed by atoms with E-state index in [1.807, 2.05) is 30.3 Å². The molecular weight excluding hydrogens is 368 g/mol. The molecule has 0 aliphatic carbocycles. The Balaban J connectivity index is 1.79. The highest BCUT2D eigenvalue weighted by molar-refractivity contribution is 6.05. The molecule has 3 aromatic carbocycles. The fraction of sp³-hybridized carbons (Fsp3) is 0.0500. The van der Waals surface area contributed by atoms with Crippen LogP contribution in [0.3, 0.4) is 0 Å². The third kappa shape index (κ3) is 4.47. The van der Waals surface area contributed by atoms with E-state index in [1.165, 1.54) is 12.1 Å². The van der Waals surface area contributed by atoms with Gasteiger partial charge in [0.15, 0.2) is 0 Å². The van der Waals surface area contributed by atoms with Gasteiger partial charge in [-0.1, -0.05) is 30.3 Å². The third-order valence-electron chi connectivity index (χ3n) is 3.96. The highest BCUT2D eigenvalue weighted by Crippen LogP contribution is 2.27. The van der Waals surface area contributed by atoms with E-state index in [1.54, 1.807) is 0 Å². The molecule has 8 heteroatoms. The summed E-state index contributed by atoms with van der Waals surface area (Å²) in [5, 5.41) is 16.6. The molecule has 0 unspecified atom stereocenters. The van der Waals surface area contributed by atoms with Crippen LogP contribution in [-0.4, -0.2) is 10.8 Å². The predicted octanol–water partition coefficient (Wildman–Crippen LogP) is 4.74. The summed E-state index contributed by atoms with van der Waals surface area (Å²) in [5.74, 6) is -2.47. The first kappa shape index (κ1) is 19.0. The van der Waals surface area contributed by atoms with Crippen molar-refractivity contribution in [1.82, 2.24) is 0 Å². The number of carbonyl (C=O) groups is 1. The average molecular weight is 383 g/mol. The Bertz CT molecular complexity index is 1030. The molecule has 0 aliphatic heterocycles. The van der Waals surface area contributed by atoms with Gasteiger partial charge in [-0.25, -0.2) is 8.78 Å². The third-order valence-corrected chi connectivity index (χ3v) is 3.96. The second kappa shape index (κ2) is 8.26.